The smallest absolute Gasteiger partial charge is 0.129 e. The first kappa shape index (κ1) is 13.5. The van der Waals surface area contributed by atoms with Crippen molar-refractivity contribution in [2.24, 2.45) is 5.73 Å². The lowest BCUT2D eigenvalue weighted by Crippen LogP contribution is -2.14. The number of hydrogen-bond donors (Lipinski definition) is 1. The van der Waals surface area contributed by atoms with Crippen molar-refractivity contribution in [3.05, 3.63) is 68.4 Å². The minimum Gasteiger partial charge on any atom is -0.320 e. The summed E-state index contributed by atoms with van der Waals surface area (Å²) in [4.78, 5) is 0. The molecule has 1 unspecified atom stereocenters. The number of hydrogen-bond acceptors (Lipinski definition) is 1. The van der Waals surface area contributed by atoms with Gasteiger partial charge in [0.15, 0.2) is 0 Å². The van der Waals surface area contributed by atoms with Gasteiger partial charge in [0, 0.05) is 15.1 Å². The van der Waals surface area contributed by atoms with Gasteiger partial charge in [0.05, 0.1) is 6.04 Å². The van der Waals surface area contributed by atoms with Gasteiger partial charge in [-0.05, 0) is 42.3 Å². The number of benzene rings is 2. The zero-order chi connectivity index (χ0) is 13.3. The molecule has 0 saturated heterocycles. The van der Waals surface area contributed by atoms with Crippen molar-refractivity contribution in [1.82, 2.24) is 0 Å². The van der Waals surface area contributed by atoms with Crippen LogP contribution >= 0.6 is 27.5 Å². The summed E-state index contributed by atoms with van der Waals surface area (Å²) < 4.78 is 14.8. The first-order chi connectivity index (χ1) is 8.49. The van der Waals surface area contributed by atoms with Crippen LogP contribution < -0.4 is 5.73 Å². The Kier molecular flexibility index (Phi) is 4.05. The van der Waals surface area contributed by atoms with Crippen molar-refractivity contribution >= 4 is 27.5 Å². The summed E-state index contributed by atoms with van der Waals surface area (Å²) in [5.41, 5.74) is 8.49. The predicted octanol–water partition coefficient (Wildman–Crippen LogP) is 4.60. The Labute approximate surface area is 119 Å². The van der Waals surface area contributed by atoms with Crippen LogP contribution in [0.2, 0.25) is 5.02 Å². The molecule has 2 N–H and O–H groups in total. The molecule has 2 aromatic rings. The van der Waals surface area contributed by atoms with Gasteiger partial charge in [-0.15, -0.1) is 0 Å². The second-order valence-electron chi connectivity index (χ2n) is 4.14. The molecule has 0 radical (unpaired) electrons. The van der Waals surface area contributed by atoms with E-state index < -0.39 is 6.04 Å². The molecule has 2 aromatic carbocycles. The zero-order valence-electron chi connectivity index (χ0n) is 9.75. The minimum atomic E-state index is -0.490. The fourth-order valence-corrected chi connectivity index (χ4v) is 2.54. The Balaban J connectivity index is 2.44. The van der Waals surface area contributed by atoms with Crippen LogP contribution in [0.4, 0.5) is 4.39 Å². The van der Waals surface area contributed by atoms with E-state index in [9.17, 15) is 4.39 Å². The standard InChI is InChI=1S/C14H12BrClFN/c1-8-6-9(15)2-4-11(8)14(18)12-5-3-10(16)7-13(12)17/h2-7,14H,18H2,1H3. The maximum Gasteiger partial charge on any atom is 0.129 e. The van der Waals surface area contributed by atoms with Gasteiger partial charge in [0.2, 0.25) is 0 Å². The van der Waals surface area contributed by atoms with E-state index in [4.69, 9.17) is 17.3 Å². The van der Waals surface area contributed by atoms with E-state index in [1.165, 1.54) is 6.07 Å². The molecule has 1 atom stereocenters. The Bertz CT molecular complexity index is 535. The molecule has 0 aliphatic rings. The highest BCUT2D eigenvalue weighted by molar-refractivity contribution is 9.10. The number of aryl methyl sites for hydroxylation is 1. The second kappa shape index (κ2) is 5.39. The average molecular weight is 329 g/mol. The van der Waals surface area contributed by atoms with E-state index in [2.05, 4.69) is 15.9 Å². The monoisotopic (exact) mass is 327 g/mol. The summed E-state index contributed by atoms with van der Waals surface area (Å²) in [5.74, 6) is -0.377. The molecule has 18 heavy (non-hydrogen) atoms. The van der Waals surface area contributed by atoms with Gasteiger partial charge in [-0.2, -0.15) is 0 Å². The van der Waals surface area contributed by atoms with E-state index in [-0.39, 0.29) is 5.82 Å². The molecular weight excluding hydrogens is 317 g/mol. The molecular formula is C14H12BrClFN. The highest BCUT2D eigenvalue weighted by Crippen LogP contribution is 2.28. The van der Waals surface area contributed by atoms with Gasteiger partial charge in [-0.25, -0.2) is 4.39 Å². The maximum absolute atomic E-state index is 13.8. The van der Waals surface area contributed by atoms with Gasteiger partial charge >= 0.3 is 0 Å². The van der Waals surface area contributed by atoms with Crippen LogP contribution in [0.25, 0.3) is 0 Å². The van der Waals surface area contributed by atoms with Crippen molar-refractivity contribution in [3.63, 3.8) is 0 Å². The van der Waals surface area contributed by atoms with Crippen LogP contribution in [0.3, 0.4) is 0 Å². The van der Waals surface area contributed by atoms with E-state index in [0.29, 0.717) is 10.6 Å². The molecule has 94 valence electrons. The minimum absolute atomic E-state index is 0.371. The van der Waals surface area contributed by atoms with Crippen molar-refractivity contribution in [2.75, 3.05) is 0 Å². The van der Waals surface area contributed by atoms with E-state index in [1.54, 1.807) is 12.1 Å². The lowest BCUT2D eigenvalue weighted by Gasteiger charge is -2.16. The van der Waals surface area contributed by atoms with E-state index >= 15 is 0 Å². The van der Waals surface area contributed by atoms with Crippen molar-refractivity contribution in [2.45, 2.75) is 13.0 Å². The van der Waals surface area contributed by atoms with Gasteiger partial charge in [0.25, 0.3) is 0 Å². The molecule has 0 heterocycles. The van der Waals surface area contributed by atoms with Crippen molar-refractivity contribution < 1.29 is 4.39 Å². The third-order valence-electron chi connectivity index (χ3n) is 2.86. The molecule has 0 aromatic heterocycles. The summed E-state index contributed by atoms with van der Waals surface area (Å²) in [6.07, 6.45) is 0. The summed E-state index contributed by atoms with van der Waals surface area (Å²) in [5, 5.41) is 0.371. The molecule has 0 spiro atoms. The van der Waals surface area contributed by atoms with Crippen LogP contribution in [0.5, 0.6) is 0 Å². The number of nitrogens with two attached hydrogens (primary N) is 1. The number of halogens is 3. The largest absolute Gasteiger partial charge is 0.320 e. The zero-order valence-corrected chi connectivity index (χ0v) is 12.1. The second-order valence-corrected chi connectivity index (χ2v) is 5.50. The fourth-order valence-electron chi connectivity index (χ4n) is 1.91. The summed E-state index contributed by atoms with van der Waals surface area (Å²) >= 11 is 9.13. The van der Waals surface area contributed by atoms with Crippen LogP contribution in [-0.2, 0) is 0 Å². The Morgan fingerprint density at radius 1 is 1.17 bits per heavy atom. The summed E-state index contributed by atoms with van der Waals surface area (Å²) in [7, 11) is 0. The Hall–Kier alpha value is -0.900. The maximum atomic E-state index is 13.8. The van der Waals surface area contributed by atoms with Crippen LogP contribution in [0.1, 0.15) is 22.7 Å². The highest BCUT2D eigenvalue weighted by atomic mass is 79.9. The third kappa shape index (κ3) is 2.74. The topological polar surface area (TPSA) is 26.0 Å². The normalized spacial score (nSPS) is 12.5. The van der Waals surface area contributed by atoms with Gasteiger partial charge < -0.3 is 5.73 Å². The summed E-state index contributed by atoms with van der Waals surface area (Å²) in [6, 6.07) is 9.83. The van der Waals surface area contributed by atoms with Crippen molar-refractivity contribution in [1.29, 1.82) is 0 Å². The van der Waals surface area contributed by atoms with Crippen LogP contribution in [0.15, 0.2) is 40.9 Å². The predicted molar refractivity (Wildman–Crippen MR) is 76.3 cm³/mol. The van der Waals surface area contributed by atoms with E-state index in [0.717, 1.165) is 15.6 Å². The quantitative estimate of drug-likeness (QED) is 0.856. The van der Waals surface area contributed by atoms with E-state index in [1.807, 2.05) is 25.1 Å². The summed E-state index contributed by atoms with van der Waals surface area (Å²) in [6.45, 7) is 1.95. The Morgan fingerprint density at radius 2 is 1.83 bits per heavy atom. The molecule has 0 bridgehead atoms. The van der Waals surface area contributed by atoms with Crippen LogP contribution in [-0.4, -0.2) is 0 Å². The molecule has 0 fully saturated rings. The first-order valence-electron chi connectivity index (χ1n) is 5.45. The lowest BCUT2D eigenvalue weighted by atomic mass is 9.95. The number of rotatable bonds is 2. The Morgan fingerprint density at radius 3 is 2.44 bits per heavy atom. The van der Waals surface area contributed by atoms with Crippen LogP contribution in [0, 0.1) is 12.7 Å². The van der Waals surface area contributed by atoms with Gasteiger partial charge in [-0.1, -0.05) is 39.7 Å². The average Bonchev–Trinajstić information content (AvgIpc) is 2.28. The molecule has 0 saturated carbocycles. The molecule has 0 aliphatic carbocycles. The van der Waals surface area contributed by atoms with Crippen molar-refractivity contribution in [3.8, 4) is 0 Å². The molecule has 2 rings (SSSR count). The highest BCUT2D eigenvalue weighted by Gasteiger charge is 2.15. The first-order valence-corrected chi connectivity index (χ1v) is 6.62. The van der Waals surface area contributed by atoms with Gasteiger partial charge in [-0.3, -0.25) is 0 Å². The molecule has 0 aliphatic heterocycles. The fraction of sp³-hybridized carbons (Fsp3) is 0.143. The molecule has 0 amide bonds. The molecule has 1 nitrogen and oxygen atoms in total. The lowest BCUT2D eigenvalue weighted by molar-refractivity contribution is 0.599. The SMILES string of the molecule is Cc1cc(Br)ccc1C(N)c1ccc(Cl)cc1F. The van der Waals surface area contributed by atoms with Gasteiger partial charge in [0.1, 0.15) is 5.82 Å². The third-order valence-corrected chi connectivity index (χ3v) is 3.59. The molecule has 4 heteroatoms.